The standard InChI is InChI=1S/C24H27N3O4/c1-24(2,27-22(28)13-11-19(26-27)18-8-6-5-7-9-18)23(29)25-15-14-17-10-12-20(30-3)21(16-17)31-4/h5-13,16H,14-15H2,1-4H3,(H,25,29). The highest BCUT2D eigenvalue weighted by Crippen LogP contribution is 2.27. The Morgan fingerprint density at radius 3 is 2.39 bits per heavy atom. The smallest absolute Gasteiger partial charge is 0.267 e. The number of carbonyl (C=O) groups excluding carboxylic acids is 1. The van der Waals surface area contributed by atoms with Gasteiger partial charge in [0.2, 0.25) is 5.91 Å². The van der Waals surface area contributed by atoms with Gasteiger partial charge >= 0.3 is 0 Å². The molecule has 7 nitrogen and oxygen atoms in total. The van der Waals surface area contributed by atoms with E-state index in [9.17, 15) is 9.59 Å². The molecule has 0 aliphatic heterocycles. The molecule has 0 saturated carbocycles. The Balaban J connectivity index is 1.72. The Morgan fingerprint density at radius 1 is 1.00 bits per heavy atom. The van der Waals surface area contributed by atoms with E-state index in [1.165, 1.54) is 10.7 Å². The lowest BCUT2D eigenvalue weighted by atomic mass is 10.0. The molecule has 3 rings (SSSR count). The molecule has 1 heterocycles. The monoisotopic (exact) mass is 421 g/mol. The van der Waals surface area contributed by atoms with E-state index in [0.29, 0.717) is 30.2 Å². The number of carbonyl (C=O) groups is 1. The summed E-state index contributed by atoms with van der Waals surface area (Å²) in [5.41, 5.74) is 1.02. The van der Waals surface area contributed by atoms with Gasteiger partial charge in [-0.05, 0) is 44.0 Å². The SMILES string of the molecule is COc1ccc(CCNC(=O)C(C)(C)n2nc(-c3ccccc3)ccc2=O)cc1OC. The molecule has 0 aliphatic carbocycles. The molecule has 0 atom stereocenters. The third-order valence-corrected chi connectivity index (χ3v) is 5.10. The molecule has 0 aliphatic rings. The molecule has 0 bridgehead atoms. The van der Waals surface area contributed by atoms with E-state index in [-0.39, 0.29) is 11.5 Å². The van der Waals surface area contributed by atoms with E-state index >= 15 is 0 Å². The Morgan fingerprint density at radius 2 is 1.71 bits per heavy atom. The van der Waals surface area contributed by atoms with Crippen LogP contribution in [0.4, 0.5) is 0 Å². The summed E-state index contributed by atoms with van der Waals surface area (Å²) in [5.74, 6) is 1.01. The van der Waals surface area contributed by atoms with Gasteiger partial charge in [-0.1, -0.05) is 36.4 Å². The molecular weight excluding hydrogens is 394 g/mol. The maximum Gasteiger partial charge on any atom is 0.267 e. The number of ether oxygens (including phenoxy) is 2. The number of aromatic nitrogens is 2. The van der Waals surface area contributed by atoms with Crippen LogP contribution in [0.25, 0.3) is 11.3 Å². The predicted molar refractivity (Wildman–Crippen MR) is 120 cm³/mol. The van der Waals surface area contributed by atoms with Crippen LogP contribution in [0, 0.1) is 0 Å². The zero-order chi connectivity index (χ0) is 22.4. The number of rotatable bonds is 8. The fraction of sp³-hybridized carbons (Fsp3) is 0.292. The van der Waals surface area contributed by atoms with Crippen LogP contribution in [0.1, 0.15) is 19.4 Å². The minimum atomic E-state index is -1.15. The van der Waals surface area contributed by atoms with E-state index in [0.717, 1.165) is 11.1 Å². The Bertz CT molecular complexity index is 1110. The Hall–Kier alpha value is -3.61. The highest BCUT2D eigenvalue weighted by Gasteiger charge is 2.32. The number of hydrogen-bond acceptors (Lipinski definition) is 5. The van der Waals surface area contributed by atoms with Crippen LogP contribution in [0.3, 0.4) is 0 Å². The van der Waals surface area contributed by atoms with Crippen LogP contribution < -0.4 is 20.3 Å². The lowest BCUT2D eigenvalue weighted by Gasteiger charge is -2.25. The number of nitrogens with zero attached hydrogens (tertiary/aromatic N) is 2. The summed E-state index contributed by atoms with van der Waals surface area (Å²) in [6, 6.07) is 18.3. The number of hydrogen-bond donors (Lipinski definition) is 1. The Labute approximate surface area is 181 Å². The average Bonchev–Trinajstić information content (AvgIpc) is 2.79. The molecule has 0 spiro atoms. The van der Waals surface area contributed by atoms with Gasteiger partial charge in [0, 0.05) is 18.2 Å². The summed E-state index contributed by atoms with van der Waals surface area (Å²) in [5, 5.41) is 7.37. The van der Waals surface area contributed by atoms with Crippen molar-refractivity contribution in [1.29, 1.82) is 0 Å². The van der Waals surface area contributed by atoms with Crippen molar-refractivity contribution in [3.05, 3.63) is 76.6 Å². The van der Waals surface area contributed by atoms with Crippen molar-refractivity contribution in [2.45, 2.75) is 25.8 Å². The molecule has 162 valence electrons. The second-order valence-electron chi connectivity index (χ2n) is 7.59. The fourth-order valence-electron chi connectivity index (χ4n) is 3.24. The van der Waals surface area contributed by atoms with Gasteiger partial charge in [0.15, 0.2) is 11.5 Å². The highest BCUT2D eigenvalue weighted by molar-refractivity contribution is 5.83. The van der Waals surface area contributed by atoms with Gasteiger partial charge in [-0.25, -0.2) is 4.68 Å². The van der Waals surface area contributed by atoms with Gasteiger partial charge in [0.05, 0.1) is 19.9 Å². The van der Waals surface area contributed by atoms with Gasteiger partial charge < -0.3 is 14.8 Å². The molecule has 0 unspecified atom stereocenters. The van der Waals surface area contributed by atoms with Crippen molar-refractivity contribution >= 4 is 5.91 Å². The van der Waals surface area contributed by atoms with E-state index in [4.69, 9.17) is 9.47 Å². The van der Waals surface area contributed by atoms with Gasteiger partial charge in [-0.15, -0.1) is 0 Å². The number of amides is 1. The molecule has 7 heteroatoms. The van der Waals surface area contributed by atoms with Gasteiger partial charge in [-0.3, -0.25) is 9.59 Å². The second-order valence-corrected chi connectivity index (χ2v) is 7.59. The topological polar surface area (TPSA) is 82.5 Å². The first-order chi connectivity index (χ1) is 14.9. The minimum absolute atomic E-state index is 0.284. The van der Waals surface area contributed by atoms with E-state index < -0.39 is 5.54 Å². The van der Waals surface area contributed by atoms with E-state index in [1.54, 1.807) is 34.1 Å². The van der Waals surface area contributed by atoms with Crippen molar-refractivity contribution < 1.29 is 14.3 Å². The van der Waals surface area contributed by atoms with Crippen LogP contribution in [-0.2, 0) is 16.8 Å². The number of benzene rings is 2. The lowest BCUT2D eigenvalue weighted by molar-refractivity contribution is -0.128. The molecule has 0 saturated heterocycles. The van der Waals surface area contributed by atoms with Crippen LogP contribution in [0.15, 0.2) is 65.5 Å². The predicted octanol–water partition coefficient (Wildman–Crippen LogP) is 3.02. The molecule has 0 radical (unpaired) electrons. The third-order valence-electron chi connectivity index (χ3n) is 5.10. The zero-order valence-electron chi connectivity index (χ0n) is 18.2. The summed E-state index contributed by atoms with van der Waals surface area (Å²) < 4.78 is 11.8. The third kappa shape index (κ3) is 4.94. The summed E-state index contributed by atoms with van der Waals surface area (Å²) in [6.45, 7) is 3.77. The lowest BCUT2D eigenvalue weighted by Crippen LogP contribution is -2.50. The van der Waals surface area contributed by atoms with Gasteiger partial charge in [-0.2, -0.15) is 5.10 Å². The van der Waals surface area contributed by atoms with Crippen molar-refractivity contribution in [3.63, 3.8) is 0 Å². The molecule has 2 aromatic carbocycles. The maximum absolute atomic E-state index is 12.9. The first-order valence-corrected chi connectivity index (χ1v) is 10.0. The van der Waals surface area contributed by atoms with Crippen molar-refractivity contribution in [2.24, 2.45) is 0 Å². The van der Waals surface area contributed by atoms with Crippen molar-refractivity contribution in [1.82, 2.24) is 15.1 Å². The molecule has 1 aromatic heterocycles. The first kappa shape index (κ1) is 22.1. The molecular formula is C24H27N3O4. The van der Waals surface area contributed by atoms with Crippen LogP contribution >= 0.6 is 0 Å². The van der Waals surface area contributed by atoms with Crippen LogP contribution in [0.5, 0.6) is 11.5 Å². The summed E-state index contributed by atoms with van der Waals surface area (Å²) in [6.07, 6.45) is 0.606. The zero-order valence-corrected chi connectivity index (χ0v) is 18.2. The Kier molecular flexibility index (Phi) is 6.74. The first-order valence-electron chi connectivity index (χ1n) is 10.0. The van der Waals surface area contributed by atoms with Crippen LogP contribution in [-0.4, -0.2) is 36.5 Å². The van der Waals surface area contributed by atoms with Gasteiger partial charge in [0.1, 0.15) is 5.54 Å². The van der Waals surface area contributed by atoms with E-state index in [1.807, 2.05) is 48.5 Å². The molecule has 1 amide bonds. The molecule has 1 N–H and O–H groups in total. The van der Waals surface area contributed by atoms with Crippen molar-refractivity contribution in [3.8, 4) is 22.8 Å². The highest BCUT2D eigenvalue weighted by atomic mass is 16.5. The van der Waals surface area contributed by atoms with Gasteiger partial charge in [0.25, 0.3) is 5.56 Å². The number of methoxy groups -OCH3 is 2. The fourth-order valence-corrected chi connectivity index (χ4v) is 3.24. The normalized spacial score (nSPS) is 11.1. The van der Waals surface area contributed by atoms with Crippen LogP contribution in [0.2, 0.25) is 0 Å². The second kappa shape index (κ2) is 9.47. The summed E-state index contributed by atoms with van der Waals surface area (Å²) in [4.78, 5) is 25.4. The van der Waals surface area contributed by atoms with E-state index in [2.05, 4.69) is 10.4 Å². The maximum atomic E-state index is 12.9. The minimum Gasteiger partial charge on any atom is -0.493 e. The average molecular weight is 421 g/mol. The number of nitrogens with one attached hydrogen (secondary N) is 1. The molecule has 3 aromatic rings. The summed E-state index contributed by atoms with van der Waals surface area (Å²) in [7, 11) is 3.17. The molecule has 31 heavy (non-hydrogen) atoms. The largest absolute Gasteiger partial charge is 0.493 e. The summed E-state index contributed by atoms with van der Waals surface area (Å²) >= 11 is 0. The molecule has 0 fully saturated rings. The quantitative estimate of drug-likeness (QED) is 0.605. The van der Waals surface area contributed by atoms with Crippen molar-refractivity contribution in [2.75, 3.05) is 20.8 Å².